The number of quaternary nitrogens is 1. The van der Waals surface area contributed by atoms with Gasteiger partial charge in [0.15, 0.2) is 0 Å². The first kappa shape index (κ1) is 14.8. The second-order valence-corrected chi connectivity index (χ2v) is 5.30. The summed E-state index contributed by atoms with van der Waals surface area (Å²) in [6, 6.07) is 7.01. The third kappa shape index (κ3) is 3.71. The van der Waals surface area contributed by atoms with Crippen molar-refractivity contribution in [2.75, 3.05) is 32.7 Å². The van der Waals surface area contributed by atoms with Crippen LogP contribution in [-0.2, 0) is 4.79 Å². The number of carboxylic acid groups (broad SMARTS) is 1. The lowest BCUT2D eigenvalue weighted by Gasteiger charge is -2.32. The van der Waals surface area contributed by atoms with Crippen molar-refractivity contribution in [2.24, 2.45) is 0 Å². The van der Waals surface area contributed by atoms with E-state index in [1.807, 2.05) is 0 Å². The fourth-order valence-corrected chi connectivity index (χ4v) is 2.58. The molecule has 0 radical (unpaired) electrons. The predicted octanol–water partition coefficient (Wildman–Crippen LogP) is -1.18. The molecule has 1 amide bonds. The van der Waals surface area contributed by atoms with Gasteiger partial charge in [-0.05, 0) is 12.1 Å². The Morgan fingerprint density at radius 1 is 1.25 bits per heavy atom. The Morgan fingerprint density at radius 2 is 1.90 bits per heavy atom. The summed E-state index contributed by atoms with van der Waals surface area (Å²) in [6.07, 6.45) is 0.0633. The minimum atomic E-state index is -1.02. The normalized spacial score (nSPS) is 16.1. The molecule has 6 heteroatoms. The molecule has 20 heavy (non-hydrogen) atoms. The highest BCUT2D eigenvalue weighted by Crippen LogP contribution is 2.17. The van der Waals surface area contributed by atoms with Crippen LogP contribution < -0.4 is 10.0 Å². The van der Waals surface area contributed by atoms with E-state index in [4.69, 9.17) is 11.6 Å². The summed E-state index contributed by atoms with van der Waals surface area (Å²) < 4.78 is 0. The summed E-state index contributed by atoms with van der Waals surface area (Å²) in [4.78, 5) is 25.7. The maximum Gasteiger partial charge on any atom is 0.255 e. The molecular weight excluding hydrogens is 280 g/mol. The molecule has 0 aliphatic carbocycles. The Morgan fingerprint density at radius 3 is 2.50 bits per heavy atom. The summed E-state index contributed by atoms with van der Waals surface area (Å²) >= 11 is 6.03. The number of halogens is 1. The number of carbonyl (C=O) groups is 2. The van der Waals surface area contributed by atoms with Crippen molar-refractivity contribution in [3.05, 3.63) is 34.9 Å². The Bertz CT molecular complexity index is 499. The van der Waals surface area contributed by atoms with Gasteiger partial charge in [0.05, 0.1) is 43.3 Å². The van der Waals surface area contributed by atoms with Crippen LogP contribution in [0.5, 0.6) is 0 Å². The van der Waals surface area contributed by atoms with Crippen LogP contribution >= 0.6 is 11.6 Å². The van der Waals surface area contributed by atoms with E-state index >= 15 is 0 Å². The van der Waals surface area contributed by atoms with E-state index in [2.05, 4.69) is 0 Å². The minimum Gasteiger partial charge on any atom is -0.550 e. The van der Waals surface area contributed by atoms with Gasteiger partial charge in [-0.1, -0.05) is 23.7 Å². The quantitative estimate of drug-likeness (QED) is 0.761. The van der Waals surface area contributed by atoms with Gasteiger partial charge in [-0.2, -0.15) is 0 Å². The molecular formula is C14H17ClN2O3. The first-order chi connectivity index (χ1) is 9.58. The molecule has 1 aromatic carbocycles. The Hall–Kier alpha value is -1.59. The fourth-order valence-electron chi connectivity index (χ4n) is 2.36. The number of rotatable bonds is 4. The van der Waals surface area contributed by atoms with Crippen molar-refractivity contribution in [1.29, 1.82) is 0 Å². The molecule has 0 spiro atoms. The fraction of sp³-hybridized carbons (Fsp3) is 0.429. The maximum atomic E-state index is 12.3. The first-order valence-electron chi connectivity index (χ1n) is 6.65. The van der Waals surface area contributed by atoms with Gasteiger partial charge < -0.3 is 19.7 Å². The van der Waals surface area contributed by atoms with Crippen molar-refractivity contribution in [3.63, 3.8) is 0 Å². The van der Waals surface area contributed by atoms with E-state index in [0.717, 1.165) is 13.1 Å². The first-order valence-corrected chi connectivity index (χ1v) is 7.03. The largest absolute Gasteiger partial charge is 0.550 e. The van der Waals surface area contributed by atoms with Crippen LogP contribution in [0.15, 0.2) is 24.3 Å². The smallest absolute Gasteiger partial charge is 0.255 e. The zero-order valence-corrected chi connectivity index (χ0v) is 11.9. The van der Waals surface area contributed by atoms with Gasteiger partial charge >= 0.3 is 0 Å². The van der Waals surface area contributed by atoms with E-state index in [-0.39, 0.29) is 12.3 Å². The van der Waals surface area contributed by atoms with Gasteiger partial charge in [-0.15, -0.1) is 0 Å². The van der Waals surface area contributed by atoms with E-state index in [9.17, 15) is 14.7 Å². The molecule has 5 nitrogen and oxygen atoms in total. The number of amides is 1. The average molecular weight is 297 g/mol. The SMILES string of the molecule is O=C([O-])CC[NH+]1CCN(C(=O)c2ccccc2Cl)CC1. The van der Waals surface area contributed by atoms with E-state index in [1.54, 1.807) is 29.2 Å². The number of carbonyl (C=O) groups excluding carboxylic acids is 2. The third-order valence-corrected chi connectivity index (χ3v) is 3.87. The van der Waals surface area contributed by atoms with Crippen LogP contribution in [0, 0.1) is 0 Å². The number of piperazine rings is 1. The van der Waals surface area contributed by atoms with Gasteiger partial charge in [0, 0.05) is 12.4 Å². The van der Waals surface area contributed by atoms with E-state index in [0.29, 0.717) is 30.2 Å². The van der Waals surface area contributed by atoms with Crippen LogP contribution in [0.1, 0.15) is 16.8 Å². The Kier molecular flexibility index (Phi) is 4.98. The van der Waals surface area contributed by atoms with Crippen molar-refractivity contribution < 1.29 is 19.6 Å². The lowest BCUT2D eigenvalue weighted by atomic mass is 10.2. The summed E-state index contributed by atoms with van der Waals surface area (Å²) in [5.74, 6) is -1.08. The van der Waals surface area contributed by atoms with E-state index < -0.39 is 5.97 Å². The van der Waals surface area contributed by atoms with Crippen LogP contribution in [0.2, 0.25) is 5.02 Å². The second-order valence-electron chi connectivity index (χ2n) is 4.89. The molecule has 1 aliphatic rings. The molecule has 0 saturated carbocycles. The highest BCUT2D eigenvalue weighted by Gasteiger charge is 2.25. The second kappa shape index (κ2) is 6.72. The molecule has 1 fully saturated rings. The van der Waals surface area contributed by atoms with Crippen molar-refractivity contribution in [1.82, 2.24) is 4.90 Å². The number of nitrogens with zero attached hydrogens (tertiary/aromatic N) is 1. The van der Waals surface area contributed by atoms with Crippen molar-refractivity contribution >= 4 is 23.5 Å². The number of hydrogen-bond acceptors (Lipinski definition) is 3. The highest BCUT2D eigenvalue weighted by molar-refractivity contribution is 6.33. The van der Waals surface area contributed by atoms with Crippen LogP contribution in [-0.4, -0.2) is 49.5 Å². The molecule has 0 bridgehead atoms. The maximum absolute atomic E-state index is 12.3. The average Bonchev–Trinajstić information content (AvgIpc) is 2.45. The Labute approximate surface area is 122 Å². The molecule has 1 heterocycles. The highest BCUT2D eigenvalue weighted by atomic mass is 35.5. The van der Waals surface area contributed by atoms with Crippen LogP contribution in [0.25, 0.3) is 0 Å². The van der Waals surface area contributed by atoms with E-state index in [1.165, 1.54) is 4.90 Å². The lowest BCUT2D eigenvalue weighted by Crippen LogP contribution is -3.15. The van der Waals surface area contributed by atoms with Gasteiger partial charge in [0.1, 0.15) is 0 Å². The zero-order chi connectivity index (χ0) is 14.5. The number of benzene rings is 1. The summed E-state index contributed by atoms with van der Waals surface area (Å²) in [7, 11) is 0. The lowest BCUT2D eigenvalue weighted by molar-refractivity contribution is -0.903. The summed E-state index contributed by atoms with van der Waals surface area (Å²) in [6.45, 7) is 3.29. The zero-order valence-electron chi connectivity index (χ0n) is 11.1. The molecule has 1 aliphatic heterocycles. The molecule has 0 atom stereocenters. The number of aliphatic carboxylic acids is 1. The van der Waals surface area contributed by atoms with Crippen molar-refractivity contribution in [2.45, 2.75) is 6.42 Å². The molecule has 1 aromatic rings. The standard InChI is InChI=1S/C14H17ClN2O3/c15-12-4-2-1-3-11(12)14(20)17-9-7-16(8-10-17)6-5-13(18)19/h1-4H,5-10H2,(H,18,19). The van der Waals surface area contributed by atoms with Crippen LogP contribution in [0.4, 0.5) is 0 Å². The van der Waals surface area contributed by atoms with Gasteiger partial charge in [0.25, 0.3) is 5.91 Å². The van der Waals surface area contributed by atoms with Crippen molar-refractivity contribution in [3.8, 4) is 0 Å². The van der Waals surface area contributed by atoms with Gasteiger partial charge in [-0.25, -0.2) is 0 Å². The molecule has 108 valence electrons. The number of carboxylic acids is 1. The monoisotopic (exact) mass is 296 g/mol. The molecule has 1 saturated heterocycles. The molecule has 1 N–H and O–H groups in total. The topological polar surface area (TPSA) is 64.9 Å². The number of hydrogen-bond donors (Lipinski definition) is 1. The third-order valence-electron chi connectivity index (χ3n) is 3.54. The Balaban J connectivity index is 1.89. The molecule has 0 aromatic heterocycles. The predicted molar refractivity (Wildman–Crippen MR) is 72.5 cm³/mol. The summed E-state index contributed by atoms with van der Waals surface area (Å²) in [5, 5.41) is 10.9. The van der Waals surface area contributed by atoms with Gasteiger partial charge in [-0.3, -0.25) is 4.79 Å². The van der Waals surface area contributed by atoms with Crippen LogP contribution in [0.3, 0.4) is 0 Å². The van der Waals surface area contributed by atoms with Gasteiger partial charge in [0.2, 0.25) is 0 Å². The number of nitrogens with one attached hydrogen (secondary N) is 1. The molecule has 0 unspecified atom stereocenters. The minimum absolute atomic E-state index is 0.0606. The summed E-state index contributed by atoms with van der Waals surface area (Å²) in [5.41, 5.74) is 0.521. The molecule has 2 rings (SSSR count).